The number of aryl methyl sites for hydroxylation is 1. The van der Waals surface area contributed by atoms with Gasteiger partial charge in [0.15, 0.2) is 13.1 Å². The number of benzene rings is 2. The van der Waals surface area contributed by atoms with Gasteiger partial charge in [-0.3, -0.25) is 4.79 Å². The molecule has 0 radical (unpaired) electrons. The summed E-state index contributed by atoms with van der Waals surface area (Å²) in [5, 5.41) is 2.84. The molecule has 0 aliphatic carbocycles. The predicted molar refractivity (Wildman–Crippen MR) is 118 cm³/mol. The molecule has 0 fully saturated rings. The Morgan fingerprint density at radius 1 is 0.935 bits per heavy atom. The summed E-state index contributed by atoms with van der Waals surface area (Å²) in [6.07, 6.45) is 0. The van der Waals surface area contributed by atoms with Gasteiger partial charge in [0, 0.05) is 0 Å². The van der Waals surface area contributed by atoms with E-state index in [4.69, 9.17) is 9.47 Å². The first kappa shape index (κ1) is 24.1. The minimum Gasteiger partial charge on any atom is -0.465 e. The van der Waals surface area contributed by atoms with E-state index in [-0.39, 0.29) is 36.1 Å². The molecule has 2 aromatic rings. The Bertz CT molecular complexity index is 907. The van der Waals surface area contributed by atoms with Crippen molar-refractivity contribution in [1.82, 2.24) is 0 Å². The minimum atomic E-state index is -0.518. The summed E-state index contributed by atoms with van der Waals surface area (Å²) in [6, 6.07) is 14.6. The average Bonchev–Trinajstić information content (AvgIpc) is 2.78. The Morgan fingerprint density at radius 3 is 2.23 bits per heavy atom. The zero-order valence-electron chi connectivity index (χ0n) is 18.6. The smallest absolute Gasteiger partial charge is 0.362 e. The number of carbonyl (C=O) groups is 3. The lowest BCUT2D eigenvalue weighted by Crippen LogP contribution is -2.55. The fourth-order valence-electron chi connectivity index (χ4n) is 3.38. The lowest BCUT2D eigenvalue weighted by atomic mass is 10.1. The molecule has 166 valence electrons. The number of amides is 1. The molecule has 0 heterocycles. The van der Waals surface area contributed by atoms with Gasteiger partial charge in [-0.2, -0.15) is 0 Å². The molecule has 0 atom stereocenters. The van der Waals surface area contributed by atoms with E-state index in [1.165, 1.54) is 7.11 Å². The maximum Gasteiger partial charge on any atom is 0.362 e. The third-order valence-corrected chi connectivity index (χ3v) is 5.47. The lowest BCUT2D eigenvalue weighted by molar-refractivity contribution is -0.910. The number of nitrogens with one attached hydrogen (secondary N) is 1. The normalized spacial score (nSPS) is 11.0. The van der Waals surface area contributed by atoms with E-state index in [0.29, 0.717) is 24.3 Å². The van der Waals surface area contributed by atoms with Gasteiger partial charge in [-0.05, 0) is 38.0 Å². The van der Waals surface area contributed by atoms with E-state index in [9.17, 15) is 14.4 Å². The number of hydrogen-bond acceptors (Lipinski definition) is 5. The van der Waals surface area contributed by atoms with Crippen LogP contribution in [-0.4, -0.2) is 55.6 Å². The number of carbonyl (C=O) groups excluding carboxylic acids is 3. The number of ether oxygens (including phenoxy) is 2. The van der Waals surface area contributed by atoms with Crippen LogP contribution in [-0.2, 0) is 25.7 Å². The molecule has 0 saturated heterocycles. The van der Waals surface area contributed by atoms with Crippen molar-refractivity contribution >= 4 is 23.5 Å². The molecule has 2 rings (SSSR count). The van der Waals surface area contributed by atoms with Crippen LogP contribution in [0.4, 0.5) is 5.69 Å². The van der Waals surface area contributed by atoms with E-state index in [1.807, 2.05) is 57.2 Å². The van der Waals surface area contributed by atoms with Gasteiger partial charge in [0.1, 0.15) is 6.61 Å². The van der Waals surface area contributed by atoms with Gasteiger partial charge in [-0.1, -0.05) is 42.5 Å². The van der Waals surface area contributed by atoms with Crippen molar-refractivity contribution < 1.29 is 28.3 Å². The van der Waals surface area contributed by atoms with Crippen molar-refractivity contribution in [3.8, 4) is 0 Å². The molecule has 0 unspecified atom stereocenters. The molecule has 0 saturated carbocycles. The number of anilines is 1. The molecular formula is C24H31N2O5+. The van der Waals surface area contributed by atoms with E-state index in [0.717, 1.165) is 11.1 Å². The highest BCUT2D eigenvalue weighted by molar-refractivity contribution is 6.02. The molecule has 0 aliphatic rings. The second kappa shape index (κ2) is 11.3. The number of esters is 2. The van der Waals surface area contributed by atoms with E-state index in [2.05, 4.69) is 5.32 Å². The third-order valence-electron chi connectivity index (χ3n) is 5.47. The molecule has 0 aliphatic heterocycles. The first-order valence-corrected chi connectivity index (χ1v) is 10.4. The molecule has 0 aromatic heterocycles. The maximum atomic E-state index is 12.9. The van der Waals surface area contributed by atoms with Crippen LogP contribution >= 0.6 is 0 Å². The molecule has 1 amide bonds. The number of quaternary nitrogens is 1. The molecular weight excluding hydrogens is 396 g/mol. The van der Waals surface area contributed by atoms with Gasteiger partial charge < -0.3 is 19.3 Å². The standard InChI is InChI=1S/C24H30N2O5/c1-5-26(6-2,16-22(28)31-17-19-12-8-7-9-13-19)15-21(27)25-23-18(3)11-10-14-20(23)24(29)30-4/h7-14H,5-6,15-17H2,1-4H3/p+1. The molecule has 1 N–H and O–H groups in total. The van der Waals surface area contributed by atoms with Gasteiger partial charge in [-0.25, -0.2) is 9.59 Å². The van der Waals surface area contributed by atoms with E-state index >= 15 is 0 Å². The van der Waals surface area contributed by atoms with Crippen LogP contribution < -0.4 is 5.32 Å². The Balaban J connectivity index is 2.07. The number of rotatable bonds is 10. The summed E-state index contributed by atoms with van der Waals surface area (Å²) in [6.45, 7) is 7.23. The van der Waals surface area contributed by atoms with Crippen molar-refractivity contribution in [2.45, 2.75) is 27.4 Å². The zero-order valence-corrected chi connectivity index (χ0v) is 18.6. The summed E-state index contributed by atoms with van der Waals surface area (Å²) in [4.78, 5) is 37.4. The third kappa shape index (κ3) is 6.65. The topological polar surface area (TPSA) is 81.7 Å². The number of methoxy groups -OCH3 is 1. The number of likely N-dealkylation sites (N-methyl/N-ethyl adjacent to an activating group) is 1. The monoisotopic (exact) mass is 427 g/mol. The molecule has 2 aromatic carbocycles. The van der Waals surface area contributed by atoms with Crippen LogP contribution in [0, 0.1) is 6.92 Å². The summed E-state index contributed by atoms with van der Waals surface area (Å²) >= 11 is 0. The van der Waals surface area contributed by atoms with E-state index in [1.54, 1.807) is 12.1 Å². The average molecular weight is 428 g/mol. The van der Waals surface area contributed by atoms with Crippen molar-refractivity contribution in [2.24, 2.45) is 0 Å². The SMILES string of the molecule is CC[N+](CC)(CC(=O)Nc1c(C)cccc1C(=O)OC)CC(=O)OCc1ccccc1. The predicted octanol–water partition coefficient (Wildman–Crippen LogP) is 3.32. The van der Waals surface area contributed by atoms with Crippen LogP contribution in [0.1, 0.15) is 35.3 Å². The van der Waals surface area contributed by atoms with Crippen LogP contribution in [0.2, 0.25) is 0 Å². The quantitative estimate of drug-likeness (QED) is 0.465. The van der Waals surface area contributed by atoms with Crippen molar-refractivity contribution in [3.05, 3.63) is 65.2 Å². The van der Waals surface area contributed by atoms with Gasteiger partial charge in [0.05, 0.1) is 31.5 Å². The zero-order chi connectivity index (χ0) is 22.9. The number of nitrogens with zero attached hydrogens (tertiary/aromatic N) is 1. The summed E-state index contributed by atoms with van der Waals surface area (Å²) in [7, 11) is 1.30. The molecule has 7 nitrogen and oxygen atoms in total. The van der Waals surface area contributed by atoms with Gasteiger partial charge in [0.2, 0.25) is 0 Å². The number of hydrogen-bond donors (Lipinski definition) is 1. The fraction of sp³-hybridized carbons (Fsp3) is 0.375. The molecule has 0 spiro atoms. The second-order valence-corrected chi connectivity index (χ2v) is 7.47. The first-order chi connectivity index (χ1) is 14.8. The van der Waals surface area contributed by atoms with Crippen LogP contribution in [0.15, 0.2) is 48.5 Å². The highest BCUT2D eigenvalue weighted by Gasteiger charge is 2.31. The fourth-order valence-corrected chi connectivity index (χ4v) is 3.38. The summed E-state index contributed by atoms with van der Waals surface area (Å²) < 4.78 is 10.5. The van der Waals surface area contributed by atoms with E-state index < -0.39 is 5.97 Å². The van der Waals surface area contributed by atoms with Gasteiger partial charge in [-0.15, -0.1) is 0 Å². The Labute approximate surface area is 183 Å². The largest absolute Gasteiger partial charge is 0.465 e. The highest BCUT2D eigenvalue weighted by Crippen LogP contribution is 2.22. The maximum absolute atomic E-state index is 12.9. The van der Waals surface area contributed by atoms with Crippen molar-refractivity contribution in [1.29, 1.82) is 0 Å². The minimum absolute atomic E-state index is 0.0857. The van der Waals surface area contributed by atoms with Crippen LogP contribution in [0.5, 0.6) is 0 Å². The molecule has 0 bridgehead atoms. The highest BCUT2D eigenvalue weighted by atomic mass is 16.5. The van der Waals surface area contributed by atoms with Crippen LogP contribution in [0.25, 0.3) is 0 Å². The molecule has 31 heavy (non-hydrogen) atoms. The first-order valence-electron chi connectivity index (χ1n) is 10.4. The van der Waals surface area contributed by atoms with Crippen molar-refractivity contribution in [2.75, 3.05) is 38.6 Å². The van der Waals surface area contributed by atoms with Crippen molar-refractivity contribution in [3.63, 3.8) is 0 Å². The summed E-state index contributed by atoms with van der Waals surface area (Å²) in [5.74, 6) is -1.15. The second-order valence-electron chi connectivity index (χ2n) is 7.47. The number of para-hydroxylation sites is 1. The summed E-state index contributed by atoms with van der Waals surface area (Å²) in [5.41, 5.74) is 2.39. The van der Waals surface area contributed by atoms with Gasteiger partial charge >= 0.3 is 11.9 Å². The Kier molecular flexibility index (Phi) is 8.75. The van der Waals surface area contributed by atoms with Gasteiger partial charge in [0.25, 0.3) is 5.91 Å². The Hall–Kier alpha value is -3.19. The molecule has 7 heteroatoms. The van der Waals surface area contributed by atoms with Crippen LogP contribution in [0.3, 0.4) is 0 Å². The lowest BCUT2D eigenvalue weighted by Gasteiger charge is -2.35. The Morgan fingerprint density at radius 2 is 1.61 bits per heavy atom.